The zero-order valence-corrected chi connectivity index (χ0v) is 6.88. The van der Waals surface area contributed by atoms with Crippen molar-refractivity contribution < 1.29 is 4.55 Å². The highest BCUT2D eigenvalue weighted by atomic mass is 32.2. The molecule has 0 saturated heterocycles. The van der Waals surface area contributed by atoms with Gasteiger partial charge in [-0.15, -0.1) is 0 Å². The minimum Gasteiger partial charge on any atom is -0.616 e. The highest BCUT2D eigenvalue weighted by Gasteiger charge is 2.00. The van der Waals surface area contributed by atoms with Crippen LogP contribution in [0.4, 0.5) is 0 Å². The molecule has 55 valence electrons. The molecule has 0 heterocycles. The Kier molecular flexibility index (Phi) is 6.65. The number of hydrogen-bond acceptors (Lipinski definition) is 1. The van der Waals surface area contributed by atoms with Crippen molar-refractivity contribution in [3.05, 3.63) is 6.92 Å². The lowest BCUT2D eigenvalue weighted by molar-refractivity contribution is 0.591. The lowest BCUT2D eigenvalue weighted by Crippen LogP contribution is -2.09. The summed E-state index contributed by atoms with van der Waals surface area (Å²) in [6.07, 6.45) is 3.03. The molecule has 0 aliphatic carbocycles. The third-order valence-electron chi connectivity index (χ3n) is 1.10. The van der Waals surface area contributed by atoms with E-state index < -0.39 is 11.2 Å². The maximum absolute atomic E-state index is 10.9. The third-order valence-corrected chi connectivity index (χ3v) is 2.59. The fourth-order valence-corrected chi connectivity index (χ4v) is 1.71. The van der Waals surface area contributed by atoms with Crippen LogP contribution in [0.5, 0.6) is 0 Å². The van der Waals surface area contributed by atoms with Crippen molar-refractivity contribution in [2.45, 2.75) is 26.2 Å². The Hall–Kier alpha value is 0.310. The van der Waals surface area contributed by atoms with Gasteiger partial charge in [0, 0.05) is 0 Å². The van der Waals surface area contributed by atoms with Crippen molar-refractivity contribution in [2.24, 2.45) is 0 Å². The van der Waals surface area contributed by atoms with E-state index >= 15 is 0 Å². The molecule has 0 spiro atoms. The van der Waals surface area contributed by atoms with Crippen molar-refractivity contribution >= 4 is 11.2 Å². The first kappa shape index (κ1) is 9.31. The smallest absolute Gasteiger partial charge is 0.105 e. The van der Waals surface area contributed by atoms with Crippen molar-refractivity contribution in [2.75, 3.05) is 11.5 Å². The summed E-state index contributed by atoms with van der Waals surface area (Å²) in [7, 11) is 0. The van der Waals surface area contributed by atoms with E-state index in [0.29, 0.717) is 0 Å². The summed E-state index contributed by atoms with van der Waals surface area (Å²) in [6, 6.07) is 0. The summed E-state index contributed by atoms with van der Waals surface area (Å²) < 4.78 is 10.9. The van der Waals surface area contributed by atoms with E-state index in [2.05, 4.69) is 13.8 Å². The van der Waals surface area contributed by atoms with Crippen LogP contribution in [0.25, 0.3) is 0 Å². The molecule has 0 rings (SSSR count). The standard InChI is InChI=1S/C7H15OS/c1-3-5-7-9(8)6-4-2/h2-7H2,1H3. The monoisotopic (exact) mass is 147 g/mol. The first-order valence-electron chi connectivity index (χ1n) is 3.45. The van der Waals surface area contributed by atoms with Gasteiger partial charge in [-0.05, 0) is 19.8 Å². The molecule has 0 N–H and O–H groups in total. The van der Waals surface area contributed by atoms with Gasteiger partial charge in [-0.2, -0.15) is 0 Å². The normalized spacial score (nSPS) is 13.7. The number of unbranched alkanes of at least 4 members (excludes halogenated alkanes) is 1. The molecule has 1 radical (unpaired) electrons. The number of rotatable bonds is 5. The van der Waals surface area contributed by atoms with Gasteiger partial charge in [0.1, 0.15) is 11.5 Å². The molecule has 2 heteroatoms. The summed E-state index contributed by atoms with van der Waals surface area (Å²) in [5, 5.41) is 0. The maximum Gasteiger partial charge on any atom is 0.105 e. The fourth-order valence-electron chi connectivity index (χ4n) is 0.568. The van der Waals surface area contributed by atoms with Crippen LogP contribution in [0.3, 0.4) is 0 Å². The molecule has 0 aromatic rings. The molecule has 9 heavy (non-hydrogen) atoms. The van der Waals surface area contributed by atoms with E-state index in [4.69, 9.17) is 0 Å². The highest BCUT2D eigenvalue weighted by molar-refractivity contribution is 7.91. The maximum atomic E-state index is 10.9. The summed E-state index contributed by atoms with van der Waals surface area (Å²) in [6.45, 7) is 5.75. The second-order valence-electron chi connectivity index (χ2n) is 2.06. The molecule has 0 aromatic heterocycles. The molecule has 0 aromatic carbocycles. The van der Waals surface area contributed by atoms with E-state index in [0.717, 1.165) is 30.8 Å². The van der Waals surface area contributed by atoms with Crippen LogP contribution in [-0.2, 0) is 11.2 Å². The van der Waals surface area contributed by atoms with Crippen LogP contribution in [0.1, 0.15) is 26.2 Å². The van der Waals surface area contributed by atoms with Gasteiger partial charge in [-0.1, -0.05) is 24.5 Å². The zero-order valence-electron chi connectivity index (χ0n) is 6.06. The first-order chi connectivity index (χ1) is 4.31. The van der Waals surface area contributed by atoms with Gasteiger partial charge in [0.2, 0.25) is 0 Å². The Morgan fingerprint density at radius 3 is 2.56 bits per heavy atom. The Labute approximate surface area is 61.0 Å². The lowest BCUT2D eigenvalue weighted by Gasteiger charge is -2.07. The molecule has 0 bridgehead atoms. The van der Waals surface area contributed by atoms with Gasteiger partial charge < -0.3 is 4.55 Å². The van der Waals surface area contributed by atoms with Gasteiger partial charge in [0.05, 0.1) is 0 Å². The largest absolute Gasteiger partial charge is 0.616 e. The predicted molar refractivity (Wildman–Crippen MR) is 42.8 cm³/mol. The van der Waals surface area contributed by atoms with Crippen molar-refractivity contribution in [3.8, 4) is 0 Å². The van der Waals surface area contributed by atoms with Crippen LogP contribution in [-0.4, -0.2) is 16.1 Å². The molecule has 1 atom stereocenters. The molecular formula is C7H15OS. The fraction of sp³-hybridized carbons (Fsp3) is 0.857. The van der Waals surface area contributed by atoms with Gasteiger partial charge in [-0.3, -0.25) is 0 Å². The molecule has 0 aliphatic heterocycles. The molecule has 0 fully saturated rings. The van der Waals surface area contributed by atoms with Crippen LogP contribution < -0.4 is 0 Å². The number of hydrogen-bond donors (Lipinski definition) is 0. The van der Waals surface area contributed by atoms with Gasteiger partial charge in [0.25, 0.3) is 0 Å². The Bertz CT molecular complexity index is 56.9. The van der Waals surface area contributed by atoms with E-state index in [1.165, 1.54) is 0 Å². The first-order valence-corrected chi connectivity index (χ1v) is 4.94. The Balaban J connectivity index is 2.95. The van der Waals surface area contributed by atoms with E-state index in [9.17, 15) is 4.55 Å². The van der Waals surface area contributed by atoms with Crippen molar-refractivity contribution in [3.63, 3.8) is 0 Å². The molecular weight excluding hydrogens is 132 g/mol. The Morgan fingerprint density at radius 2 is 2.11 bits per heavy atom. The third kappa shape index (κ3) is 6.19. The van der Waals surface area contributed by atoms with Gasteiger partial charge in [0.15, 0.2) is 0 Å². The Morgan fingerprint density at radius 1 is 1.44 bits per heavy atom. The van der Waals surface area contributed by atoms with Gasteiger partial charge in [-0.25, -0.2) is 0 Å². The predicted octanol–water partition coefficient (Wildman–Crippen LogP) is 1.76. The summed E-state index contributed by atoms with van der Waals surface area (Å²) in [5.41, 5.74) is 0. The van der Waals surface area contributed by atoms with E-state index in [-0.39, 0.29) is 0 Å². The molecule has 1 nitrogen and oxygen atoms in total. The highest BCUT2D eigenvalue weighted by Crippen LogP contribution is 1.97. The second-order valence-corrected chi connectivity index (χ2v) is 3.75. The molecule has 1 unspecified atom stereocenters. The summed E-state index contributed by atoms with van der Waals surface area (Å²) in [4.78, 5) is 0. The lowest BCUT2D eigenvalue weighted by atomic mass is 10.4. The second kappa shape index (κ2) is 6.43. The average Bonchev–Trinajstić information content (AvgIpc) is 1.85. The average molecular weight is 147 g/mol. The molecule has 0 aliphatic rings. The van der Waals surface area contributed by atoms with Crippen LogP contribution in [0, 0.1) is 6.92 Å². The summed E-state index contributed by atoms with van der Waals surface area (Å²) in [5.74, 6) is 1.64. The molecule has 0 amide bonds. The van der Waals surface area contributed by atoms with E-state index in [1.807, 2.05) is 0 Å². The van der Waals surface area contributed by atoms with Crippen LogP contribution >= 0.6 is 0 Å². The van der Waals surface area contributed by atoms with E-state index in [1.54, 1.807) is 0 Å². The molecule has 0 saturated carbocycles. The zero-order chi connectivity index (χ0) is 7.11. The van der Waals surface area contributed by atoms with Gasteiger partial charge >= 0.3 is 0 Å². The van der Waals surface area contributed by atoms with Crippen molar-refractivity contribution in [1.82, 2.24) is 0 Å². The SMILES string of the molecule is [CH2]CC[S+]([O-])CCCC. The summed E-state index contributed by atoms with van der Waals surface area (Å²) >= 11 is -0.582. The van der Waals surface area contributed by atoms with Crippen molar-refractivity contribution in [1.29, 1.82) is 0 Å². The topological polar surface area (TPSA) is 23.1 Å². The quantitative estimate of drug-likeness (QED) is 0.543. The van der Waals surface area contributed by atoms with Crippen LogP contribution in [0.15, 0.2) is 0 Å². The van der Waals surface area contributed by atoms with Crippen LogP contribution in [0.2, 0.25) is 0 Å². The minimum atomic E-state index is -0.582. The minimum absolute atomic E-state index is 0.582.